The number of ether oxygens (including phenoxy) is 1. The summed E-state index contributed by atoms with van der Waals surface area (Å²) in [5, 5.41) is 9.57. The summed E-state index contributed by atoms with van der Waals surface area (Å²) in [4.78, 5) is 0. The zero-order valence-corrected chi connectivity index (χ0v) is 11.0. The standard InChI is InChI=1S/C15H11ClFNO/c1-10(11-5-7-12(16)8-6-11)19-15-4-2-3-14(17)13(15)9-18/h2-8,10H,1H3. The molecule has 0 aliphatic rings. The van der Waals surface area contributed by atoms with Gasteiger partial charge in [0, 0.05) is 5.02 Å². The van der Waals surface area contributed by atoms with Crippen LogP contribution in [0.4, 0.5) is 4.39 Å². The van der Waals surface area contributed by atoms with E-state index in [1.54, 1.807) is 18.2 Å². The number of rotatable bonds is 3. The zero-order chi connectivity index (χ0) is 13.8. The summed E-state index contributed by atoms with van der Waals surface area (Å²) in [6, 6.07) is 13.3. The van der Waals surface area contributed by atoms with E-state index in [-0.39, 0.29) is 17.4 Å². The molecule has 0 amide bonds. The fourth-order valence-electron chi connectivity index (χ4n) is 1.70. The molecule has 0 aliphatic carbocycles. The zero-order valence-electron chi connectivity index (χ0n) is 10.2. The van der Waals surface area contributed by atoms with Crippen molar-refractivity contribution in [2.24, 2.45) is 0 Å². The largest absolute Gasteiger partial charge is 0.485 e. The van der Waals surface area contributed by atoms with E-state index in [9.17, 15) is 4.39 Å². The van der Waals surface area contributed by atoms with Crippen molar-refractivity contribution in [3.63, 3.8) is 0 Å². The van der Waals surface area contributed by atoms with Crippen LogP contribution < -0.4 is 4.74 Å². The van der Waals surface area contributed by atoms with Crippen molar-refractivity contribution in [2.75, 3.05) is 0 Å². The first-order chi connectivity index (χ1) is 9.11. The van der Waals surface area contributed by atoms with Crippen LogP contribution >= 0.6 is 11.6 Å². The molecule has 2 nitrogen and oxygen atoms in total. The highest BCUT2D eigenvalue weighted by Gasteiger charge is 2.13. The van der Waals surface area contributed by atoms with Crippen molar-refractivity contribution < 1.29 is 9.13 Å². The second-order valence-electron chi connectivity index (χ2n) is 4.04. The average molecular weight is 276 g/mol. The lowest BCUT2D eigenvalue weighted by Crippen LogP contribution is -2.04. The van der Waals surface area contributed by atoms with E-state index in [1.165, 1.54) is 12.1 Å². The maximum atomic E-state index is 13.4. The molecule has 0 aliphatic heterocycles. The number of hydrogen-bond donors (Lipinski definition) is 0. The van der Waals surface area contributed by atoms with Gasteiger partial charge < -0.3 is 4.74 Å². The fourth-order valence-corrected chi connectivity index (χ4v) is 1.83. The van der Waals surface area contributed by atoms with Gasteiger partial charge in [-0.2, -0.15) is 5.26 Å². The van der Waals surface area contributed by atoms with Crippen LogP contribution in [0, 0.1) is 17.1 Å². The molecule has 0 radical (unpaired) electrons. The summed E-state index contributed by atoms with van der Waals surface area (Å²) in [6.07, 6.45) is -0.300. The maximum absolute atomic E-state index is 13.4. The molecule has 96 valence electrons. The predicted octanol–water partition coefficient (Wildman–Crippen LogP) is 4.49. The van der Waals surface area contributed by atoms with Gasteiger partial charge in [0.15, 0.2) is 0 Å². The lowest BCUT2D eigenvalue weighted by Gasteiger charge is -2.16. The van der Waals surface area contributed by atoms with Crippen LogP contribution in [0.15, 0.2) is 42.5 Å². The highest BCUT2D eigenvalue weighted by atomic mass is 35.5. The Morgan fingerprint density at radius 1 is 1.21 bits per heavy atom. The van der Waals surface area contributed by atoms with Crippen LogP contribution in [0.1, 0.15) is 24.2 Å². The van der Waals surface area contributed by atoms with Crippen LogP contribution in [0.5, 0.6) is 5.75 Å². The lowest BCUT2D eigenvalue weighted by molar-refractivity contribution is 0.225. The van der Waals surface area contributed by atoms with E-state index in [4.69, 9.17) is 21.6 Å². The number of nitrogens with zero attached hydrogens (tertiary/aromatic N) is 1. The van der Waals surface area contributed by atoms with E-state index in [2.05, 4.69) is 0 Å². The van der Waals surface area contributed by atoms with Crippen LogP contribution in [-0.4, -0.2) is 0 Å². The molecule has 0 bridgehead atoms. The van der Waals surface area contributed by atoms with Gasteiger partial charge in [0.1, 0.15) is 29.3 Å². The highest BCUT2D eigenvalue weighted by Crippen LogP contribution is 2.27. The molecule has 1 unspecified atom stereocenters. The van der Waals surface area contributed by atoms with Crippen molar-refractivity contribution in [3.8, 4) is 11.8 Å². The van der Waals surface area contributed by atoms with E-state index in [1.807, 2.05) is 25.1 Å². The molecule has 0 aromatic heterocycles. The third-order valence-electron chi connectivity index (χ3n) is 2.73. The van der Waals surface area contributed by atoms with E-state index in [0.29, 0.717) is 5.02 Å². The first-order valence-electron chi connectivity index (χ1n) is 5.72. The Morgan fingerprint density at radius 3 is 2.53 bits per heavy atom. The molecule has 19 heavy (non-hydrogen) atoms. The molecule has 4 heteroatoms. The van der Waals surface area contributed by atoms with Crippen molar-refractivity contribution in [3.05, 3.63) is 64.4 Å². The van der Waals surface area contributed by atoms with E-state index >= 15 is 0 Å². The summed E-state index contributed by atoms with van der Waals surface area (Å²) >= 11 is 5.81. The molecule has 0 saturated carbocycles. The van der Waals surface area contributed by atoms with E-state index in [0.717, 1.165) is 5.56 Å². The van der Waals surface area contributed by atoms with Crippen molar-refractivity contribution in [1.82, 2.24) is 0 Å². The molecule has 2 aromatic carbocycles. The SMILES string of the molecule is CC(Oc1cccc(F)c1C#N)c1ccc(Cl)cc1. The van der Waals surface area contributed by atoms with Crippen molar-refractivity contribution in [2.45, 2.75) is 13.0 Å². The molecule has 0 spiro atoms. The minimum atomic E-state index is -0.580. The Bertz CT molecular complexity index is 619. The molecule has 0 N–H and O–H groups in total. The minimum Gasteiger partial charge on any atom is -0.485 e. The normalized spacial score (nSPS) is 11.7. The van der Waals surface area contributed by atoms with Gasteiger partial charge in [0.2, 0.25) is 0 Å². The number of hydrogen-bond acceptors (Lipinski definition) is 2. The molecule has 0 saturated heterocycles. The fraction of sp³-hybridized carbons (Fsp3) is 0.133. The quantitative estimate of drug-likeness (QED) is 0.827. The van der Waals surface area contributed by atoms with Gasteiger partial charge in [-0.3, -0.25) is 0 Å². The average Bonchev–Trinajstić information content (AvgIpc) is 2.39. The summed E-state index contributed by atoms with van der Waals surface area (Å²) in [6.45, 7) is 1.83. The molecule has 2 aromatic rings. The topological polar surface area (TPSA) is 33.0 Å². The van der Waals surface area contributed by atoms with Gasteiger partial charge >= 0.3 is 0 Å². The molecular weight excluding hydrogens is 265 g/mol. The second kappa shape index (κ2) is 5.73. The molecule has 0 heterocycles. The summed E-state index contributed by atoms with van der Waals surface area (Å²) < 4.78 is 19.1. The van der Waals surface area contributed by atoms with Crippen LogP contribution in [0.25, 0.3) is 0 Å². The van der Waals surface area contributed by atoms with Gasteiger partial charge in [-0.25, -0.2) is 4.39 Å². The van der Waals surface area contributed by atoms with Gasteiger partial charge in [0.25, 0.3) is 0 Å². The Morgan fingerprint density at radius 2 is 1.89 bits per heavy atom. The molecule has 1 atom stereocenters. The summed E-state index contributed by atoms with van der Waals surface area (Å²) in [5.74, 6) is -0.340. The summed E-state index contributed by atoms with van der Waals surface area (Å²) in [7, 11) is 0. The van der Waals surface area contributed by atoms with Crippen LogP contribution in [0.2, 0.25) is 5.02 Å². The lowest BCUT2D eigenvalue weighted by atomic mass is 10.1. The van der Waals surface area contributed by atoms with Gasteiger partial charge in [-0.15, -0.1) is 0 Å². The Kier molecular flexibility index (Phi) is 4.03. The second-order valence-corrected chi connectivity index (χ2v) is 4.47. The Balaban J connectivity index is 2.24. The number of benzene rings is 2. The Hall–Kier alpha value is -2.05. The van der Waals surface area contributed by atoms with Crippen LogP contribution in [-0.2, 0) is 0 Å². The van der Waals surface area contributed by atoms with Crippen LogP contribution in [0.3, 0.4) is 0 Å². The van der Waals surface area contributed by atoms with Crippen molar-refractivity contribution >= 4 is 11.6 Å². The van der Waals surface area contributed by atoms with Gasteiger partial charge in [0.05, 0.1) is 0 Å². The monoisotopic (exact) mass is 275 g/mol. The number of halogens is 2. The first kappa shape index (κ1) is 13.4. The first-order valence-corrected chi connectivity index (χ1v) is 6.10. The molecule has 2 rings (SSSR count). The third-order valence-corrected chi connectivity index (χ3v) is 2.98. The minimum absolute atomic E-state index is 0.0803. The number of nitriles is 1. The van der Waals surface area contributed by atoms with Gasteiger partial charge in [-0.05, 0) is 36.8 Å². The van der Waals surface area contributed by atoms with E-state index < -0.39 is 5.82 Å². The maximum Gasteiger partial charge on any atom is 0.144 e. The van der Waals surface area contributed by atoms with Crippen molar-refractivity contribution in [1.29, 1.82) is 5.26 Å². The smallest absolute Gasteiger partial charge is 0.144 e. The summed E-state index contributed by atoms with van der Waals surface area (Å²) in [5.41, 5.74) is 0.820. The molecule has 0 fully saturated rings. The highest BCUT2D eigenvalue weighted by molar-refractivity contribution is 6.30. The molecular formula is C15H11ClFNO. The Labute approximate surface area is 116 Å². The predicted molar refractivity (Wildman–Crippen MR) is 71.6 cm³/mol. The third kappa shape index (κ3) is 3.04. The van der Waals surface area contributed by atoms with Gasteiger partial charge in [-0.1, -0.05) is 29.8 Å².